The highest BCUT2D eigenvalue weighted by atomic mass is 16.2. The zero-order valence-corrected chi connectivity index (χ0v) is 16.4. The number of rotatable bonds is 3. The van der Waals surface area contributed by atoms with Gasteiger partial charge in [-0.25, -0.2) is 4.79 Å². The van der Waals surface area contributed by atoms with E-state index in [0.29, 0.717) is 5.92 Å². The zero-order valence-electron chi connectivity index (χ0n) is 16.4. The fraction of sp³-hybridized carbons (Fsp3) is 0.318. The molecule has 0 saturated carbocycles. The van der Waals surface area contributed by atoms with Crippen LogP contribution in [0.15, 0.2) is 54.9 Å². The van der Waals surface area contributed by atoms with Gasteiger partial charge in [-0.05, 0) is 49.4 Å². The van der Waals surface area contributed by atoms with Gasteiger partial charge in [0, 0.05) is 36.4 Å². The van der Waals surface area contributed by atoms with E-state index >= 15 is 0 Å². The van der Waals surface area contributed by atoms with Crippen molar-refractivity contribution in [2.45, 2.75) is 31.7 Å². The number of pyridine rings is 1. The van der Waals surface area contributed by atoms with Gasteiger partial charge < -0.3 is 15.2 Å². The molecule has 1 aliphatic rings. The summed E-state index contributed by atoms with van der Waals surface area (Å²) in [5, 5.41) is 12.8. The minimum Gasteiger partial charge on any atom is -0.361 e. The van der Waals surface area contributed by atoms with Gasteiger partial charge in [-0.1, -0.05) is 24.3 Å². The molecule has 1 aromatic carbocycles. The molecule has 2 N–H and O–H groups in total. The van der Waals surface area contributed by atoms with Crippen molar-refractivity contribution in [1.29, 1.82) is 0 Å². The van der Waals surface area contributed by atoms with Crippen molar-refractivity contribution in [3.63, 3.8) is 0 Å². The lowest BCUT2D eigenvalue weighted by Crippen LogP contribution is -2.45. The molecule has 1 atom stereocenters. The maximum atomic E-state index is 12.8. The summed E-state index contributed by atoms with van der Waals surface area (Å²) < 4.78 is 1.91. The molecule has 1 unspecified atom stereocenters. The summed E-state index contributed by atoms with van der Waals surface area (Å²) >= 11 is 0. The highest BCUT2D eigenvalue weighted by Crippen LogP contribution is 2.33. The molecule has 7 heteroatoms. The summed E-state index contributed by atoms with van der Waals surface area (Å²) in [5.74, 6) is 1.22. The van der Waals surface area contributed by atoms with E-state index in [1.54, 1.807) is 0 Å². The van der Waals surface area contributed by atoms with E-state index in [2.05, 4.69) is 51.0 Å². The normalized spacial score (nSPS) is 16.4. The summed E-state index contributed by atoms with van der Waals surface area (Å²) in [7, 11) is 0. The van der Waals surface area contributed by atoms with E-state index < -0.39 is 0 Å². The Balaban J connectivity index is 1.23. The molecule has 3 aromatic heterocycles. The number of amides is 2. The third-order valence-corrected chi connectivity index (χ3v) is 5.91. The number of nitrogens with one attached hydrogen (secondary N) is 2. The van der Waals surface area contributed by atoms with Gasteiger partial charge in [0.25, 0.3) is 0 Å². The van der Waals surface area contributed by atoms with Crippen molar-refractivity contribution < 1.29 is 4.79 Å². The molecule has 4 aromatic rings. The molecule has 0 spiro atoms. The number of benzene rings is 1. The van der Waals surface area contributed by atoms with Gasteiger partial charge in [0.15, 0.2) is 11.5 Å². The molecule has 0 bridgehead atoms. The summed E-state index contributed by atoms with van der Waals surface area (Å²) in [6.07, 6.45) is 5.98. The van der Waals surface area contributed by atoms with Crippen molar-refractivity contribution in [3.8, 4) is 0 Å². The fourth-order valence-electron chi connectivity index (χ4n) is 4.32. The molecular weight excluding hydrogens is 364 g/mol. The van der Waals surface area contributed by atoms with Crippen molar-refractivity contribution in [2.75, 3.05) is 13.1 Å². The van der Waals surface area contributed by atoms with Gasteiger partial charge >= 0.3 is 6.03 Å². The van der Waals surface area contributed by atoms with Crippen LogP contribution in [0.1, 0.15) is 43.1 Å². The van der Waals surface area contributed by atoms with Crippen LogP contribution in [-0.4, -0.2) is 43.6 Å². The lowest BCUT2D eigenvalue weighted by atomic mass is 9.89. The third kappa shape index (κ3) is 3.22. The maximum Gasteiger partial charge on any atom is 0.317 e. The molecule has 7 nitrogen and oxygen atoms in total. The molecule has 0 aliphatic carbocycles. The average molecular weight is 388 g/mol. The van der Waals surface area contributed by atoms with Crippen LogP contribution in [0.3, 0.4) is 0 Å². The summed E-state index contributed by atoms with van der Waals surface area (Å²) in [4.78, 5) is 18.1. The first kappa shape index (κ1) is 17.7. The first-order valence-electron chi connectivity index (χ1n) is 10.1. The monoisotopic (exact) mass is 388 g/mol. The number of urea groups is 1. The van der Waals surface area contributed by atoms with Crippen molar-refractivity contribution >= 4 is 22.6 Å². The number of para-hydroxylation sites is 1. The van der Waals surface area contributed by atoms with Crippen LogP contribution in [0.4, 0.5) is 4.79 Å². The minimum absolute atomic E-state index is 0.0393. The number of hydrogen-bond acceptors (Lipinski definition) is 3. The number of nitrogens with zero attached hydrogens (tertiary/aromatic N) is 4. The number of fused-ring (bicyclic) bond motifs is 2. The molecule has 5 rings (SSSR count). The second-order valence-corrected chi connectivity index (χ2v) is 7.71. The van der Waals surface area contributed by atoms with Crippen molar-refractivity contribution in [2.24, 2.45) is 0 Å². The van der Waals surface area contributed by atoms with Crippen LogP contribution in [0.25, 0.3) is 16.6 Å². The van der Waals surface area contributed by atoms with Gasteiger partial charge in [-0.15, -0.1) is 10.2 Å². The SMILES string of the molecule is CC(NC(=O)N1CCC(c2c[nH]c3ccccc23)CC1)c1nnc2ccccn12. The Labute approximate surface area is 168 Å². The number of carbonyl (C=O) groups excluding carboxylic acids is 1. The fourth-order valence-corrected chi connectivity index (χ4v) is 4.32. The molecule has 1 saturated heterocycles. The Kier molecular flexibility index (Phi) is 4.42. The number of H-pyrrole nitrogens is 1. The van der Waals surface area contributed by atoms with Crippen LogP contribution in [0.5, 0.6) is 0 Å². The number of hydrogen-bond donors (Lipinski definition) is 2. The first-order valence-corrected chi connectivity index (χ1v) is 10.1. The van der Waals surface area contributed by atoms with Crippen LogP contribution < -0.4 is 5.32 Å². The molecule has 148 valence electrons. The van der Waals surface area contributed by atoms with E-state index in [4.69, 9.17) is 0 Å². The van der Waals surface area contributed by atoms with Crippen LogP contribution in [-0.2, 0) is 0 Å². The largest absolute Gasteiger partial charge is 0.361 e. The first-order chi connectivity index (χ1) is 14.2. The predicted octanol–water partition coefficient (Wildman–Crippen LogP) is 3.86. The van der Waals surface area contributed by atoms with Crippen molar-refractivity contribution in [1.82, 2.24) is 29.8 Å². The Morgan fingerprint density at radius 1 is 1.14 bits per heavy atom. The lowest BCUT2D eigenvalue weighted by molar-refractivity contribution is 0.178. The van der Waals surface area contributed by atoms with E-state index in [1.165, 1.54) is 16.5 Å². The maximum absolute atomic E-state index is 12.8. The molecule has 4 heterocycles. The quantitative estimate of drug-likeness (QED) is 0.559. The van der Waals surface area contributed by atoms with Crippen molar-refractivity contribution in [3.05, 3.63) is 66.2 Å². The highest BCUT2D eigenvalue weighted by Gasteiger charge is 2.26. The number of likely N-dealkylation sites (tertiary alicyclic amines) is 1. The van der Waals surface area contributed by atoms with E-state index in [1.807, 2.05) is 40.6 Å². The van der Waals surface area contributed by atoms with E-state index in [-0.39, 0.29) is 12.1 Å². The van der Waals surface area contributed by atoms with Gasteiger partial charge in [0.05, 0.1) is 6.04 Å². The number of aromatic amines is 1. The molecule has 1 fully saturated rings. The molecular formula is C22H24N6O. The Morgan fingerprint density at radius 3 is 2.79 bits per heavy atom. The van der Waals surface area contributed by atoms with Crippen LogP contribution >= 0.6 is 0 Å². The standard InChI is InChI=1S/C22H24N6O/c1-15(21-26-25-20-8-4-5-11-28(20)21)24-22(29)27-12-9-16(10-13-27)18-14-23-19-7-3-2-6-17(18)19/h2-8,11,14-16,23H,9-10,12-13H2,1H3,(H,24,29). The minimum atomic E-state index is -0.216. The van der Waals surface area contributed by atoms with Crippen LogP contribution in [0, 0.1) is 0 Å². The second-order valence-electron chi connectivity index (χ2n) is 7.71. The average Bonchev–Trinajstić information content (AvgIpc) is 3.38. The summed E-state index contributed by atoms with van der Waals surface area (Å²) in [6.45, 7) is 3.45. The van der Waals surface area contributed by atoms with Gasteiger partial charge in [-0.2, -0.15) is 0 Å². The smallest absolute Gasteiger partial charge is 0.317 e. The molecule has 29 heavy (non-hydrogen) atoms. The molecule has 1 aliphatic heterocycles. The highest BCUT2D eigenvalue weighted by molar-refractivity contribution is 5.83. The van der Waals surface area contributed by atoms with E-state index in [9.17, 15) is 4.79 Å². The van der Waals surface area contributed by atoms with Gasteiger partial charge in [0.1, 0.15) is 0 Å². The van der Waals surface area contributed by atoms with E-state index in [0.717, 1.165) is 37.4 Å². The zero-order chi connectivity index (χ0) is 19.8. The van der Waals surface area contributed by atoms with Gasteiger partial charge in [-0.3, -0.25) is 4.40 Å². The molecule has 0 radical (unpaired) electrons. The number of piperidine rings is 1. The Bertz CT molecular complexity index is 1150. The van der Waals surface area contributed by atoms with Gasteiger partial charge in [0.2, 0.25) is 0 Å². The summed E-state index contributed by atoms with van der Waals surface area (Å²) in [5.41, 5.74) is 3.32. The predicted molar refractivity (Wildman–Crippen MR) is 112 cm³/mol. The van der Waals surface area contributed by atoms with Crippen LogP contribution in [0.2, 0.25) is 0 Å². The second kappa shape index (κ2) is 7.24. The summed E-state index contributed by atoms with van der Waals surface area (Å²) in [6, 6.07) is 13.9. The molecule has 2 amide bonds. The Hall–Kier alpha value is -3.35. The number of aromatic nitrogens is 4. The Morgan fingerprint density at radius 2 is 1.93 bits per heavy atom. The third-order valence-electron chi connectivity index (χ3n) is 5.91. The topological polar surface area (TPSA) is 78.3 Å². The lowest BCUT2D eigenvalue weighted by Gasteiger charge is -2.32. The number of carbonyl (C=O) groups is 1.